The third-order valence-corrected chi connectivity index (χ3v) is 6.03. The molecule has 1 unspecified atom stereocenters. The van der Waals surface area contributed by atoms with Crippen molar-refractivity contribution in [3.05, 3.63) is 23.8 Å². The number of benzene rings is 1. The molecule has 6 heteroatoms. The monoisotopic (exact) mass is 297 g/mol. The van der Waals surface area contributed by atoms with Gasteiger partial charge in [0, 0.05) is 19.1 Å². The molecule has 0 radical (unpaired) electrons. The van der Waals surface area contributed by atoms with E-state index in [-0.39, 0.29) is 10.9 Å². The molecular formula is C14H23N3O2S. The summed E-state index contributed by atoms with van der Waals surface area (Å²) < 4.78 is 27.4. The van der Waals surface area contributed by atoms with Gasteiger partial charge in [0.25, 0.3) is 0 Å². The van der Waals surface area contributed by atoms with Crippen molar-refractivity contribution in [3.8, 4) is 0 Å². The maximum Gasteiger partial charge on any atom is 0.245 e. The second-order valence-corrected chi connectivity index (χ2v) is 7.40. The highest BCUT2D eigenvalue weighted by Gasteiger charge is 2.33. The third kappa shape index (κ3) is 2.82. The number of rotatable bonds is 2. The summed E-state index contributed by atoms with van der Waals surface area (Å²) in [4.78, 5) is 2.43. The summed E-state index contributed by atoms with van der Waals surface area (Å²) in [6.45, 7) is 5.94. The maximum atomic E-state index is 12.9. The second kappa shape index (κ2) is 5.71. The molecule has 1 atom stereocenters. The van der Waals surface area contributed by atoms with Crippen LogP contribution in [-0.4, -0.2) is 50.3 Å². The molecule has 1 heterocycles. The fourth-order valence-electron chi connectivity index (χ4n) is 2.85. The number of hydrogen-bond acceptors (Lipinski definition) is 4. The summed E-state index contributed by atoms with van der Waals surface area (Å²) in [6.07, 6.45) is 0.839. The average Bonchev–Trinajstić information content (AvgIpc) is 2.49. The number of nitrogens with two attached hydrogens (primary N) is 1. The van der Waals surface area contributed by atoms with E-state index in [9.17, 15) is 8.42 Å². The Balaban J connectivity index is 2.44. The summed E-state index contributed by atoms with van der Waals surface area (Å²) in [5.74, 6) is 0. The van der Waals surface area contributed by atoms with Gasteiger partial charge in [-0.3, -0.25) is 0 Å². The molecule has 1 aliphatic rings. The first kappa shape index (κ1) is 15.3. The molecule has 1 aliphatic heterocycles. The summed E-state index contributed by atoms with van der Waals surface area (Å²) >= 11 is 0. The van der Waals surface area contributed by atoms with Crippen molar-refractivity contribution in [1.29, 1.82) is 0 Å². The highest BCUT2D eigenvalue weighted by Crippen LogP contribution is 2.28. The molecule has 0 aromatic heterocycles. The predicted molar refractivity (Wildman–Crippen MR) is 81.1 cm³/mol. The molecule has 1 saturated heterocycles. The standard InChI is InChI=1S/C14H23N3O2S/c1-11-6-4-7-13(15)14(11)20(18,19)17-9-5-8-16(3)10-12(17)2/h4,6-7,12H,5,8-10,15H2,1-3H3. The van der Waals surface area contributed by atoms with Gasteiger partial charge in [0.15, 0.2) is 0 Å². The number of hydrogen-bond donors (Lipinski definition) is 1. The minimum atomic E-state index is -3.54. The van der Waals surface area contributed by atoms with E-state index < -0.39 is 10.0 Å². The zero-order valence-electron chi connectivity index (χ0n) is 12.3. The highest BCUT2D eigenvalue weighted by atomic mass is 32.2. The van der Waals surface area contributed by atoms with Crippen molar-refractivity contribution in [1.82, 2.24) is 9.21 Å². The van der Waals surface area contributed by atoms with E-state index in [0.29, 0.717) is 17.8 Å². The lowest BCUT2D eigenvalue weighted by Gasteiger charge is -2.28. The molecule has 0 bridgehead atoms. The first-order valence-corrected chi connectivity index (χ1v) is 8.33. The number of sulfonamides is 1. The largest absolute Gasteiger partial charge is 0.398 e. The number of nitrogen functional groups attached to an aromatic ring is 1. The van der Waals surface area contributed by atoms with E-state index in [2.05, 4.69) is 4.90 Å². The van der Waals surface area contributed by atoms with Crippen molar-refractivity contribution in [2.75, 3.05) is 32.4 Å². The van der Waals surface area contributed by atoms with Crippen LogP contribution in [0, 0.1) is 6.92 Å². The molecule has 1 aromatic rings. The molecule has 2 rings (SSSR count). The van der Waals surface area contributed by atoms with Gasteiger partial charge >= 0.3 is 0 Å². The topological polar surface area (TPSA) is 66.6 Å². The van der Waals surface area contributed by atoms with Gasteiger partial charge < -0.3 is 10.6 Å². The van der Waals surface area contributed by atoms with Crippen LogP contribution in [0.15, 0.2) is 23.1 Å². The summed E-state index contributed by atoms with van der Waals surface area (Å²) in [6, 6.07) is 5.17. The van der Waals surface area contributed by atoms with Gasteiger partial charge in [-0.2, -0.15) is 4.31 Å². The molecule has 1 fully saturated rings. The van der Waals surface area contributed by atoms with Gasteiger partial charge in [-0.25, -0.2) is 8.42 Å². The Hall–Kier alpha value is -1.11. The molecule has 112 valence electrons. The maximum absolute atomic E-state index is 12.9. The third-order valence-electron chi connectivity index (χ3n) is 3.79. The van der Waals surface area contributed by atoms with Crippen LogP contribution in [-0.2, 0) is 10.0 Å². The highest BCUT2D eigenvalue weighted by molar-refractivity contribution is 7.89. The van der Waals surface area contributed by atoms with E-state index in [1.807, 2.05) is 14.0 Å². The predicted octanol–water partition coefficient (Wildman–Crippen LogP) is 1.29. The smallest absolute Gasteiger partial charge is 0.245 e. The Kier molecular flexibility index (Phi) is 4.36. The van der Waals surface area contributed by atoms with Crippen LogP contribution in [0.4, 0.5) is 5.69 Å². The molecule has 0 spiro atoms. The fraction of sp³-hybridized carbons (Fsp3) is 0.571. The summed E-state index contributed by atoms with van der Waals surface area (Å²) in [7, 11) is -1.52. The van der Waals surface area contributed by atoms with Gasteiger partial charge in [0.1, 0.15) is 4.90 Å². The molecule has 20 heavy (non-hydrogen) atoms. The number of nitrogens with zero attached hydrogens (tertiary/aromatic N) is 2. The fourth-order valence-corrected chi connectivity index (χ4v) is 4.84. The van der Waals surface area contributed by atoms with Crippen LogP contribution in [0.5, 0.6) is 0 Å². The quantitative estimate of drug-likeness (QED) is 0.835. The van der Waals surface area contributed by atoms with Gasteiger partial charge in [-0.05, 0) is 45.5 Å². The van der Waals surface area contributed by atoms with Crippen LogP contribution in [0.2, 0.25) is 0 Å². The first-order valence-electron chi connectivity index (χ1n) is 6.89. The minimum Gasteiger partial charge on any atom is -0.398 e. The van der Waals surface area contributed by atoms with E-state index in [4.69, 9.17) is 5.73 Å². The lowest BCUT2D eigenvalue weighted by Crippen LogP contribution is -2.42. The second-order valence-electron chi connectivity index (χ2n) is 5.57. The van der Waals surface area contributed by atoms with E-state index >= 15 is 0 Å². The van der Waals surface area contributed by atoms with Gasteiger partial charge in [0.05, 0.1) is 5.69 Å². The molecular weight excluding hydrogens is 274 g/mol. The lowest BCUT2D eigenvalue weighted by molar-refractivity contribution is 0.290. The van der Waals surface area contributed by atoms with Crippen molar-refractivity contribution in [2.24, 2.45) is 0 Å². The Bertz CT molecular complexity index is 566. The Morgan fingerprint density at radius 3 is 2.65 bits per heavy atom. The van der Waals surface area contributed by atoms with Gasteiger partial charge in [0.2, 0.25) is 10.0 Å². The van der Waals surface area contributed by atoms with Gasteiger partial charge in [-0.1, -0.05) is 12.1 Å². The first-order chi connectivity index (χ1) is 9.34. The minimum absolute atomic E-state index is 0.0495. The molecule has 0 saturated carbocycles. The van der Waals surface area contributed by atoms with E-state index in [1.165, 1.54) is 0 Å². The molecule has 1 aromatic carbocycles. The van der Waals surface area contributed by atoms with Crippen LogP contribution in [0.3, 0.4) is 0 Å². The van der Waals surface area contributed by atoms with Gasteiger partial charge in [-0.15, -0.1) is 0 Å². The molecule has 2 N–H and O–H groups in total. The Morgan fingerprint density at radius 1 is 1.30 bits per heavy atom. The zero-order valence-corrected chi connectivity index (χ0v) is 13.2. The average molecular weight is 297 g/mol. The van der Waals surface area contributed by atoms with Crippen molar-refractivity contribution < 1.29 is 8.42 Å². The number of likely N-dealkylation sites (N-methyl/N-ethyl adjacent to an activating group) is 1. The van der Waals surface area contributed by atoms with Crippen molar-refractivity contribution in [2.45, 2.75) is 31.2 Å². The van der Waals surface area contributed by atoms with E-state index in [0.717, 1.165) is 19.5 Å². The van der Waals surface area contributed by atoms with Crippen LogP contribution < -0.4 is 5.73 Å². The molecule has 0 aliphatic carbocycles. The zero-order chi connectivity index (χ0) is 14.9. The number of aryl methyl sites for hydroxylation is 1. The lowest BCUT2D eigenvalue weighted by atomic mass is 10.2. The molecule has 5 nitrogen and oxygen atoms in total. The molecule has 0 amide bonds. The number of anilines is 1. The van der Waals surface area contributed by atoms with Crippen molar-refractivity contribution in [3.63, 3.8) is 0 Å². The van der Waals surface area contributed by atoms with Crippen LogP contribution in [0.1, 0.15) is 18.9 Å². The van der Waals surface area contributed by atoms with Crippen LogP contribution in [0.25, 0.3) is 0 Å². The summed E-state index contributed by atoms with van der Waals surface area (Å²) in [5, 5.41) is 0. The summed E-state index contributed by atoms with van der Waals surface area (Å²) in [5.41, 5.74) is 6.94. The SMILES string of the molecule is Cc1cccc(N)c1S(=O)(=O)N1CCCN(C)CC1C. The van der Waals surface area contributed by atoms with Crippen LogP contribution >= 0.6 is 0 Å². The van der Waals surface area contributed by atoms with E-state index in [1.54, 1.807) is 29.4 Å². The Morgan fingerprint density at radius 2 is 2.00 bits per heavy atom. The van der Waals surface area contributed by atoms with Crippen molar-refractivity contribution >= 4 is 15.7 Å². The Labute approximate surface area is 121 Å². The normalized spacial score (nSPS) is 22.6.